The summed E-state index contributed by atoms with van der Waals surface area (Å²) in [7, 11) is 0. The van der Waals surface area contributed by atoms with Gasteiger partial charge in [0.1, 0.15) is 11.6 Å². The third-order valence-corrected chi connectivity index (χ3v) is 3.04. The van der Waals surface area contributed by atoms with Crippen molar-refractivity contribution in [3.8, 4) is 11.5 Å². The van der Waals surface area contributed by atoms with Crippen LogP contribution in [0.15, 0.2) is 36.4 Å². The predicted octanol–water partition coefficient (Wildman–Crippen LogP) is 4.57. The van der Waals surface area contributed by atoms with E-state index in [2.05, 4.69) is 0 Å². The number of hydrogen-bond acceptors (Lipinski definition) is 3. The molecule has 20 heavy (non-hydrogen) atoms. The van der Waals surface area contributed by atoms with Gasteiger partial charge in [0.05, 0.1) is 4.92 Å². The molecule has 0 fully saturated rings. The van der Waals surface area contributed by atoms with E-state index in [1.807, 2.05) is 0 Å². The van der Waals surface area contributed by atoms with E-state index >= 15 is 0 Å². The maximum Gasteiger partial charge on any atom is 0.311 e. The lowest BCUT2D eigenvalue weighted by molar-refractivity contribution is -0.385. The average molecular weight is 296 g/mol. The van der Waals surface area contributed by atoms with E-state index in [0.29, 0.717) is 16.9 Å². The predicted molar refractivity (Wildman–Crippen MR) is 73.9 cm³/mol. The minimum Gasteiger partial charge on any atom is -0.450 e. The van der Waals surface area contributed by atoms with Gasteiger partial charge < -0.3 is 4.74 Å². The van der Waals surface area contributed by atoms with Crippen LogP contribution in [0.1, 0.15) is 11.1 Å². The second-order valence-electron chi connectivity index (χ2n) is 4.21. The molecule has 0 saturated carbocycles. The van der Waals surface area contributed by atoms with Crippen molar-refractivity contribution in [2.45, 2.75) is 12.8 Å². The lowest BCUT2D eigenvalue weighted by Crippen LogP contribution is -1.95. The van der Waals surface area contributed by atoms with Gasteiger partial charge in [-0.15, -0.1) is 11.6 Å². The monoisotopic (exact) mass is 295 g/mol. The van der Waals surface area contributed by atoms with Gasteiger partial charge in [-0.2, -0.15) is 0 Å². The first-order chi connectivity index (χ1) is 9.51. The molecule has 4 nitrogen and oxygen atoms in total. The van der Waals surface area contributed by atoms with Crippen molar-refractivity contribution in [2.24, 2.45) is 0 Å². The van der Waals surface area contributed by atoms with Crippen LogP contribution in [0.25, 0.3) is 0 Å². The molecule has 0 aliphatic rings. The van der Waals surface area contributed by atoms with E-state index in [1.165, 1.54) is 30.3 Å². The Labute approximate surface area is 119 Å². The SMILES string of the molecule is Cc1cc(Oc2ccc(CCl)cc2[N+](=O)[O-])ccc1F. The highest BCUT2D eigenvalue weighted by Gasteiger charge is 2.16. The first-order valence-corrected chi connectivity index (χ1v) is 6.32. The number of halogens is 2. The summed E-state index contributed by atoms with van der Waals surface area (Å²) in [5.41, 5.74) is 0.855. The number of alkyl halides is 1. The van der Waals surface area contributed by atoms with Crippen molar-refractivity contribution in [3.63, 3.8) is 0 Å². The fourth-order valence-corrected chi connectivity index (χ4v) is 1.85. The van der Waals surface area contributed by atoms with Gasteiger partial charge in [0.15, 0.2) is 0 Å². The Kier molecular flexibility index (Phi) is 4.20. The molecule has 104 valence electrons. The summed E-state index contributed by atoms with van der Waals surface area (Å²) in [4.78, 5) is 10.5. The standard InChI is InChI=1S/C14H11ClFNO3/c1-9-6-11(3-4-12(9)16)20-14-5-2-10(8-15)7-13(14)17(18)19/h2-7H,8H2,1H3. The maximum absolute atomic E-state index is 13.2. The molecule has 0 saturated heterocycles. The number of nitro groups is 1. The zero-order valence-electron chi connectivity index (χ0n) is 10.6. The van der Waals surface area contributed by atoms with E-state index < -0.39 is 4.92 Å². The second-order valence-corrected chi connectivity index (χ2v) is 4.47. The van der Waals surface area contributed by atoms with Crippen molar-refractivity contribution in [3.05, 3.63) is 63.5 Å². The minimum atomic E-state index is -0.540. The Morgan fingerprint density at radius 2 is 2.05 bits per heavy atom. The molecule has 6 heteroatoms. The van der Waals surface area contributed by atoms with Gasteiger partial charge in [-0.25, -0.2) is 4.39 Å². The third kappa shape index (κ3) is 3.05. The Morgan fingerprint density at radius 3 is 2.65 bits per heavy atom. The zero-order chi connectivity index (χ0) is 14.7. The molecule has 2 rings (SSSR count). The molecule has 0 unspecified atom stereocenters. The van der Waals surface area contributed by atoms with Gasteiger partial charge in [0.25, 0.3) is 0 Å². The molecular weight excluding hydrogens is 285 g/mol. The van der Waals surface area contributed by atoms with Gasteiger partial charge in [-0.05, 0) is 42.3 Å². The molecule has 0 spiro atoms. The summed E-state index contributed by atoms with van der Waals surface area (Å²) in [6.07, 6.45) is 0. The molecule has 0 aliphatic heterocycles. The van der Waals surface area contributed by atoms with Crippen LogP contribution >= 0.6 is 11.6 Å². The van der Waals surface area contributed by atoms with E-state index in [9.17, 15) is 14.5 Å². The Balaban J connectivity index is 2.37. The summed E-state index contributed by atoms with van der Waals surface area (Å²) >= 11 is 5.65. The van der Waals surface area contributed by atoms with Crippen LogP contribution in [0.5, 0.6) is 11.5 Å². The number of nitrogens with zero attached hydrogens (tertiary/aromatic N) is 1. The van der Waals surface area contributed by atoms with Crippen LogP contribution in [0, 0.1) is 22.9 Å². The zero-order valence-corrected chi connectivity index (χ0v) is 11.4. The van der Waals surface area contributed by atoms with Crippen LogP contribution in [-0.4, -0.2) is 4.92 Å². The average Bonchev–Trinajstić information content (AvgIpc) is 2.43. The normalized spacial score (nSPS) is 10.3. The van der Waals surface area contributed by atoms with Crippen LogP contribution in [-0.2, 0) is 5.88 Å². The molecule has 0 amide bonds. The number of ether oxygens (including phenoxy) is 1. The smallest absolute Gasteiger partial charge is 0.311 e. The fourth-order valence-electron chi connectivity index (χ4n) is 1.68. The topological polar surface area (TPSA) is 52.4 Å². The van der Waals surface area contributed by atoms with E-state index in [1.54, 1.807) is 13.0 Å². The Bertz CT molecular complexity index is 661. The quantitative estimate of drug-likeness (QED) is 0.471. The molecular formula is C14H11ClFNO3. The van der Waals surface area contributed by atoms with Gasteiger partial charge in [-0.3, -0.25) is 10.1 Å². The van der Waals surface area contributed by atoms with E-state index in [4.69, 9.17) is 16.3 Å². The summed E-state index contributed by atoms with van der Waals surface area (Å²) in [5, 5.41) is 11.0. The molecule has 0 aliphatic carbocycles. The maximum atomic E-state index is 13.2. The van der Waals surface area contributed by atoms with Crippen molar-refractivity contribution in [1.29, 1.82) is 0 Å². The Hall–Kier alpha value is -2.14. The van der Waals surface area contributed by atoms with Crippen LogP contribution < -0.4 is 4.74 Å². The number of nitro benzene ring substituents is 1. The highest BCUT2D eigenvalue weighted by Crippen LogP contribution is 2.33. The first-order valence-electron chi connectivity index (χ1n) is 5.78. The van der Waals surface area contributed by atoms with Crippen molar-refractivity contribution in [2.75, 3.05) is 0 Å². The highest BCUT2D eigenvalue weighted by atomic mass is 35.5. The lowest BCUT2D eigenvalue weighted by Gasteiger charge is -2.08. The van der Waals surface area contributed by atoms with E-state index in [-0.39, 0.29) is 23.1 Å². The number of benzene rings is 2. The van der Waals surface area contributed by atoms with Gasteiger partial charge >= 0.3 is 5.69 Å². The van der Waals surface area contributed by atoms with Crippen molar-refractivity contribution >= 4 is 17.3 Å². The highest BCUT2D eigenvalue weighted by molar-refractivity contribution is 6.17. The third-order valence-electron chi connectivity index (χ3n) is 2.73. The van der Waals surface area contributed by atoms with Gasteiger partial charge in [0.2, 0.25) is 5.75 Å². The van der Waals surface area contributed by atoms with Gasteiger partial charge in [0, 0.05) is 11.9 Å². The molecule has 0 heterocycles. The fraction of sp³-hybridized carbons (Fsp3) is 0.143. The summed E-state index contributed by atoms with van der Waals surface area (Å²) in [6, 6.07) is 8.64. The number of rotatable bonds is 4. The molecule has 2 aromatic carbocycles. The molecule has 0 atom stereocenters. The molecule has 0 N–H and O–H groups in total. The van der Waals surface area contributed by atoms with Crippen molar-refractivity contribution < 1.29 is 14.1 Å². The largest absolute Gasteiger partial charge is 0.450 e. The number of hydrogen-bond donors (Lipinski definition) is 0. The van der Waals surface area contributed by atoms with Crippen LogP contribution in [0.3, 0.4) is 0 Å². The number of aryl methyl sites for hydroxylation is 1. The summed E-state index contributed by atoms with van der Waals surface area (Å²) in [5.74, 6) is 0.251. The molecule has 0 bridgehead atoms. The van der Waals surface area contributed by atoms with Crippen LogP contribution in [0.4, 0.5) is 10.1 Å². The molecule has 2 aromatic rings. The second kappa shape index (κ2) is 5.88. The van der Waals surface area contributed by atoms with Crippen molar-refractivity contribution in [1.82, 2.24) is 0 Å². The first kappa shape index (κ1) is 14.3. The molecule has 0 radical (unpaired) electrons. The summed E-state index contributed by atoms with van der Waals surface area (Å²) in [6.45, 7) is 1.59. The van der Waals surface area contributed by atoms with E-state index in [0.717, 1.165) is 0 Å². The van der Waals surface area contributed by atoms with Gasteiger partial charge in [-0.1, -0.05) is 6.07 Å². The van der Waals surface area contributed by atoms with Crippen LogP contribution in [0.2, 0.25) is 0 Å². The lowest BCUT2D eigenvalue weighted by atomic mass is 10.2. The minimum absolute atomic E-state index is 0.0925. The Morgan fingerprint density at radius 1 is 1.30 bits per heavy atom. The summed E-state index contributed by atoms with van der Waals surface area (Å²) < 4.78 is 18.6. The molecule has 0 aromatic heterocycles.